The smallest absolute Gasteiger partial charge is 0.322 e. The van der Waals surface area contributed by atoms with Crippen LogP contribution in [0, 0.1) is 0 Å². The Morgan fingerprint density at radius 2 is 1.81 bits per heavy atom. The highest BCUT2D eigenvalue weighted by molar-refractivity contribution is 5.90. The third-order valence-electron chi connectivity index (χ3n) is 3.41. The van der Waals surface area contributed by atoms with Gasteiger partial charge in [-0.1, -0.05) is 18.2 Å². The number of aliphatic carboxylic acids is 1. The largest absolute Gasteiger partial charge is 0.481 e. The van der Waals surface area contributed by atoms with E-state index < -0.39 is 24.2 Å². The number of amides is 2. The van der Waals surface area contributed by atoms with E-state index >= 15 is 0 Å². The molecule has 0 bridgehead atoms. The maximum absolute atomic E-state index is 12.1. The summed E-state index contributed by atoms with van der Waals surface area (Å²) >= 11 is 0. The molecule has 1 heterocycles. The number of nitrogens with zero attached hydrogens (tertiary/aromatic N) is 1. The lowest BCUT2D eigenvalue weighted by atomic mass is 10.1. The molecule has 0 radical (unpaired) electrons. The van der Waals surface area contributed by atoms with Gasteiger partial charge in [-0.25, -0.2) is 4.79 Å². The molecule has 0 spiro atoms. The number of nitrogens with one attached hydrogen (secondary N) is 1. The van der Waals surface area contributed by atoms with Crippen molar-refractivity contribution >= 4 is 17.7 Å². The lowest BCUT2D eigenvalue weighted by molar-refractivity contribution is -0.136. The number of urea groups is 1. The zero-order valence-electron chi connectivity index (χ0n) is 11.4. The number of carboxylic acids is 1. The summed E-state index contributed by atoms with van der Waals surface area (Å²) in [6.07, 6.45) is -1.57. The molecule has 0 saturated carbocycles. The molecule has 2 amide bonds. The van der Waals surface area contributed by atoms with Crippen LogP contribution in [0.2, 0.25) is 0 Å². The average molecular weight is 294 g/mol. The van der Waals surface area contributed by atoms with E-state index in [1.54, 1.807) is 24.3 Å². The fourth-order valence-corrected chi connectivity index (χ4v) is 2.23. The molecule has 2 atom stereocenters. The lowest BCUT2D eigenvalue weighted by Gasteiger charge is -2.18. The molecular weight excluding hydrogens is 276 g/mol. The van der Waals surface area contributed by atoms with E-state index in [1.807, 2.05) is 0 Å². The molecule has 4 N–H and O–H groups in total. The van der Waals surface area contributed by atoms with Crippen molar-refractivity contribution in [2.24, 2.45) is 0 Å². The number of para-hydroxylation sites is 1. The SMILES string of the molecule is O=C(O)CCc1ccccc1NC(=O)N1CC(O)C(O)C1. The summed E-state index contributed by atoms with van der Waals surface area (Å²) in [6.45, 7) is 0.147. The Morgan fingerprint density at radius 1 is 1.19 bits per heavy atom. The Kier molecular flexibility index (Phi) is 4.77. The number of carboxylic acid groups (broad SMARTS) is 1. The summed E-state index contributed by atoms with van der Waals surface area (Å²) in [6, 6.07) is 6.54. The molecule has 21 heavy (non-hydrogen) atoms. The highest BCUT2D eigenvalue weighted by Gasteiger charge is 2.32. The van der Waals surface area contributed by atoms with Gasteiger partial charge in [-0.3, -0.25) is 4.79 Å². The van der Waals surface area contributed by atoms with E-state index in [0.29, 0.717) is 12.1 Å². The van der Waals surface area contributed by atoms with Gasteiger partial charge in [0.15, 0.2) is 0 Å². The van der Waals surface area contributed by atoms with Gasteiger partial charge in [-0.15, -0.1) is 0 Å². The van der Waals surface area contributed by atoms with Crippen molar-refractivity contribution in [3.63, 3.8) is 0 Å². The standard InChI is InChI=1S/C14H18N2O5/c17-11-7-16(8-12(11)18)14(21)15-10-4-2-1-3-9(10)5-6-13(19)20/h1-4,11-12,17-18H,5-8H2,(H,15,21)(H,19,20). The molecule has 1 aromatic rings. The predicted octanol–water partition coefficient (Wildman–Crippen LogP) is 0.273. The third-order valence-corrected chi connectivity index (χ3v) is 3.41. The van der Waals surface area contributed by atoms with Crippen LogP contribution in [-0.4, -0.2) is 57.5 Å². The number of aryl methyl sites for hydroxylation is 1. The number of aliphatic hydroxyl groups excluding tert-OH is 2. The summed E-state index contributed by atoms with van der Waals surface area (Å²) in [5.41, 5.74) is 1.27. The van der Waals surface area contributed by atoms with E-state index in [9.17, 15) is 19.8 Å². The minimum atomic E-state index is -0.932. The number of carbonyl (C=O) groups excluding carboxylic acids is 1. The first kappa shape index (κ1) is 15.3. The monoisotopic (exact) mass is 294 g/mol. The molecule has 0 aliphatic carbocycles. The molecule has 114 valence electrons. The van der Waals surface area contributed by atoms with Crippen LogP contribution in [0.25, 0.3) is 0 Å². The molecule has 1 aromatic carbocycles. The first-order valence-corrected chi connectivity index (χ1v) is 6.69. The first-order chi connectivity index (χ1) is 9.97. The van der Waals surface area contributed by atoms with E-state index in [-0.39, 0.29) is 19.5 Å². The van der Waals surface area contributed by atoms with Crippen LogP contribution < -0.4 is 5.32 Å². The number of rotatable bonds is 4. The van der Waals surface area contributed by atoms with Crippen LogP contribution >= 0.6 is 0 Å². The fraction of sp³-hybridized carbons (Fsp3) is 0.429. The maximum Gasteiger partial charge on any atom is 0.322 e. The number of carbonyl (C=O) groups is 2. The lowest BCUT2D eigenvalue weighted by Crippen LogP contribution is -2.34. The van der Waals surface area contributed by atoms with E-state index in [0.717, 1.165) is 5.56 Å². The van der Waals surface area contributed by atoms with Gasteiger partial charge in [-0.05, 0) is 18.1 Å². The van der Waals surface area contributed by atoms with Gasteiger partial charge in [0.05, 0.1) is 25.3 Å². The van der Waals surface area contributed by atoms with E-state index in [1.165, 1.54) is 4.90 Å². The second-order valence-corrected chi connectivity index (χ2v) is 5.02. The number of likely N-dealkylation sites (tertiary alicyclic amines) is 1. The van der Waals surface area contributed by atoms with Gasteiger partial charge in [0.2, 0.25) is 0 Å². The highest BCUT2D eigenvalue weighted by atomic mass is 16.4. The molecule has 7 heteroatoms. The fourth-order valence-electron chi connectivity index (χ4n) is 2.23. The zero-order valence-corrected chi connectivity index (χ0v) is 11.4. The molecular formula is C14H18N2O5. The van der Waals surface area contributed by atoms with Crippen LogP contribution in [0.3, 0.4) is 0 Å². The molecule has 1 fully saturated rings. The molecule has 7 nitrogen and oxygen atoms in total. The van der Waals surface area contributed by atoms with E-state index in [4.69, 9.17) is 5.11 Å². The van der Waals surface area contributed by atoms with Crippen LogP contribution in [0.5, 0.6) is 0 Å². The minimum Gasteiger partial charge on any atom is -0.481 e. The van der Waals surface area contributed by atoms with Crippen molar-refractivity contribution in [2.75, 3.05) is 18.4 Å². The topological polar surface area (TPSA) is 110 Å². The van der Waals surface area contributed by atoms with Gasteiger partial charge < -0.3 is 25.5 Å². The Balaban J connectivity index is 2.02. The van der Waals surface area contributed by atoms with Crippen LogP contribution in [0.1, 0.15) is 12.0 Å². The highest BCUT2D eigenvalue weighted by Crippen LogP contribution is 2.19. The number of hydrogen-bond donors (Lipinski definition) is 4. The van der Waals surface area contributed by atoms with Gasteiger partial charge >= 0.3 is 12.0 Å². The number of aliphatic hydroxyl groups is 2. The average Bonchev–Trinajstić information content (AvgIpc) is 2.78. The number of β-amino-alcohol motifs (C(OH)–C–C–N with tert-alkyl or cyclic N) is 2. The third kappa shape index (κ3) is 3.93. The Bertz CT molecular complexity index is 524. The first-order valence-electron chi connectivity index (χ1n) is 6.69. The van der Waals surface area contributed by atoms with Gasteiger partial charge in [0.1, 0.15) is 0 Å². The second-order valence-electron chi connectivity index (χ2n) is 5.02. The Labute approximate surface area is 121 Å². The summed E-state index contributed by atoms with van der Waals surface area (Å²) in [4.78, 5) is 24.0. The van der Waals surface area contributed by atoms with Crippen molar-refractivity contribution in [3.8, 4) is 0 Å². The summed E-state index contributed by atoms with van der Waals surface area (Å²) in [5, 5.41) is 30.3. The molecule has 2 unspecified atom stereocenters. The zero-order chi connectivity index (χ0) is 15.4. The van der Waals surface area contributed by atoms with Crippen LogP contribution in [-0.2, 0) is 11.2 Å². The molecule has 0 aromatic heterocycles. The summed E-state index contributed by atoms with van der Waals surface area (Å²) in [5.74, 6) is -0.901. The summed E-state index contributed by atoms with van der Waals surface area (Å²) in [7, 11) is 0. The number of hydrogen-bond acceptors (Lipinski definition) is 4. The van der Waals surface area contributed by atoms with Gasteiger partial charge in [-0.2, -0.15) is 0 Å². The predicted molar refractivity (Wildman–Crippen MR) is 75.0 cm³/mol. The van der Waals surface area contributed by atoms with Crippen LogP contribution in [0.4, 0.5) is 10.5 Å². The molecule has 2 rings (SSSR count). The van der Waals surface area contributed by atoms with Gasteiger partial charge in [0.25, 0.3) is 0 Å². The maximum atomic E-state index is 12.1. The summed E-state index contributed by atoms with van der Waals surface area (Å²) < 4.78 is 0. The molecule has 1 saturated heterocycles. The molecule has 1 aliphatic heterocycles. The quantitative estimate of drug-likeness (QED) is 0.637. The Morgan fingerprint density at radius 3 is 2.43 bits per heavy atom. The van der Waals surface area contributed by atoms with Crippen molar-refractivity contribution in [1.82, 2.24) is 4.90 Å². The van der Waals surface area contributed by atoms with Crippen LogP contribution in [0.15, 0.2) is 24.3 Å². The minimum absolute atomic E-state index is 0.0198. The van der Waals surface area contributed by atoms with Crippen molar-refractivity contribution in [3.05, 3.63) is 29.8 Å². The van der Waals surface area contributed by atoms with Crippen molar-refractivity contribution in [1.29, 1.82) is 0 Å². The number of benzene rings is 1. The second kappa shape index (κ2) is 6.55. The van der Waals surface area contributed by atoms with E-state index in [2.05, 4.69) is 5.32 Å². The Hall–Kier alpha value is -2.12. The molecule has 1 aliphatic rings. The van der Waals surface area contributed by atoms with Crippen molar-refractivity contribution < 1.29 is 24.9 Å². The van der Waals surface area contributed by atoms with Crippen molar-refractivity contribution in [2.45, 2.75) is 25.0 Å². The number of anilines is 1. The normalized spacial score (nSPS) is 21.3. The van der Waals surface area contributed by atoms with Gasteiger partial charge in [0, 0.05) is 12.1 Å².